The van der Waals surface area contributed by atoms with Gasteiger partial charge in [-0.3, -0.25) is 9.78 Å². The highest BCUT2D eigenvalue weighted by molar-refractivity contribution is 5.98. The van der Waals surface area contributed by atoms with E-state index in [0.29, 0.717) is 5.69 Å². The molecule has 0 unspecified atom stereocenters. The van der Waals surface area contributed by atoms with Gasteiger partial charge in [0.25, 0.3) is 5.91 Å². The number of hydrogen-bond donors (Lipinski definition) is 2. The van der Waals surface area contributed by atoms with Gasteiger partial charge in [0.05, 0.1) is 11.0 Å². The molecule has 0 radical (unpaired) electrons. The number of amides is 1. The number of nitrogens with two attached hydrogens (primary N) is 1. The van der Waals surface area contributed by atoms with E-state index in [9.17, 15) is 4.79 Å². The van der Waals surface area contributed by atoms with Crippen LogP contribution < -0.4 is 5.73 Å². The molecule has 0 atom stereocenters. The molecule has 0 bridgehead atoms. The molecular formula is C17H24N4O. The minimum absolute atomic E-state index is 0.0138. The zero-order valence-electron chi connectivity index (χ0n) is 13.7. The first-order chi connectivity index (χ1) is 10.2. The molecule has 0 aromatic carbocycles. The number of carbonyl (C=O) groups excluding carboxylic acids is 1. The fraction of sp³-hybridized carbons (Fsp3) is 0.529. The maximum Gasteiger partial charge on any atom is 0.271 e. The van der Waals surface area contributed by atoms with Crippen molar-refractivity contribution < 1.29 is 4.79 Å². The number of carbonyl (C=O) groups is 1. The Morgan fingerprint density at radius 3 is 2.55 bits per heavy atom. The van der Waals surface area contributed by atoms with Crippen molar-refractivity contribution in [2.24, 2.45) is 5.73 Å². The lowest BCUT2D eigenvalue weighted by atomic mass is 9.77. The average Bonchev–Trinajstić information content (AvgIpc) is 2.78. The smallest absolute Gasteiger partial charge is 0.271 e. The van der Waals surface area contributed by atoms with E-state index < -0.39 is 0 Å². The van der Waals surface area contributed by atoms with Crippen molar-refractivity contribution >= 4 is 16.9 Å². The van der Waals surface area contributed by atoms with E-state index in [2.05, 4.69) is 37.7 Å². The Morgan fingerprint density at radius 1 is 1.32 bits per heavy atom. The maximum absolute atomic E-state index is 13.1. The SMILES string of the molecule is CC1(C)CC(N)CC(C)(C)N1C(=O)c1cc2ncccc2[nH]1. The first kappa shape index (κ1) is 15.0. The standard InChI is InChI=1S/C17H24N4O/c1-16(2)9-11(18)10-17(3,4)21(16)15(22)14-8-13-12(20-14)6-5-7-19-13/h5-8,11,20H,9-10,18H2,1-4H3. The minimum Gasteiger partial charge on any atom is -0.349 e. The third-order valence-electron chi connectivity index (χ3n) is 4.56. The molecule has 3 heterocycles. The van der Waals surface area contributed by atoms with Gasteiger partial charge in [0.15, 0.2) is 0 Å². The molecule has 2 aromatic heterocycles. The zero-order valence-corrected chi connectivity index (χ0v) is 13.7. The van der Waals surface area contributed by atoms with Gasteiger partial charge in [-0.05, 0) is 58.7 Å². The van der Waals surface area contributed by atoms with Crippen molar-refractivity contribution in [3.63, 3.8) is 0 Å². The van der Waals surface area contributed by atoms with Crippen molar-refractivity contribution in [1.82, 2.24) is 14.9 Å². The molecule has 1 aliphatic rings. The summed E-state index contributed by atoms with van der Waals surface area (Å²) < 4.78 is 0. The lowest BCUT2D eigenvalue weighted by molar-refractivity contribution is -0.0175. The summed E-state index contributed by atoms with van der Waals surface area (Å²) in [5.74, 6) is 0.0138. The van der Waals surface area contributed by atoms with Crippen LogP contribution in [0.3, 0.4) is 0 Å². The molecule has 22 heavy (non-hydrogen) atoms. The van der Waals surface area contributed by atoms with Crippen molar-refractivity contribution in [2.45, 2.75) is 57.7 Å². The molecule has 0 spiro atoms. The number of aromatic nitrogens is 2. The van der Waals surface area contributed by atoms with Gasteiger partial charge in [-0.2, -0.15) is 0 Å². The van der Waals surface area contributed by atoms with Gasteiger partial charge >= 0.3 is 0 Å². The molecule has 0 aliphatic carbocycles. The quantitative estimate of drug-likeness (QED) is 0.850. The van der Waals surface area contributed by atoms with Gasteiger partial charge in [-0.1, -0.05) is 0 Å². The fourth-order valence-electron chi connectivity index (χ4n) is 4.10. The third kappa shape index (κ3) is 2.39. The summed E-state index contributed by atoms with van der Waals surface area (Å²) in [6.07, 6.45) is 3.35. The van der Waals surface area contributed by atoms with Crippen molar-refractivity contribution in [2.75, 3.05) is 0 Å². The molecular weight excluding hydrogens is 276 g/mol. The Balaban J connectivity index is 2.02. The second kappa shape index (κ2) is 4.81. The van der Waals surface area contributed by atoms with Gasteiger partial charge in [-0.25, -0.2) is 0 Å². The van der Waals surface area contributed by atoms with Crippen LogP contribution in [0, 0.1) is 0 Å². The number of pyridine rings is 1. The van der Waals surface area contributed by atoms with Crippen molar-refractivity contribution in [1.29, 1.82) is 0 Å². The van der Waals surface area contributed by atoms with Crippen LogP contribution in [0.5, 0.6) is 0 Å². The number of rotatable bonds is 1. The largest absolute Gasteiger partial charge is 0.349 e. The summed E-state index contributed by atoms with van der Waals surface area (Å²) in [7, 11) is 0. The van der Waals surface area contributed by atoms with Gasteiger partial charge in [-0.15, -0.1) is 0 Å². The molecule has 1 fully saturated rings. The molecule has 2 aromatic rings. The van der Waals surface area contributed by atoms with Gasteiger partial charge < -0.3 is 15.6 Å². The van der Waals surface area contributed by atoms with Crippen LogP contribution in [-0.2, 0) is 0 Å². The topological polar surface area (TPSA) is 75.0 Å². The van der Waals surface area contributed by atoms with Gasteiger partial charge in [0, 0.05) is 23.3 Å². The number of H-pyrrole nitrogens is 1. The van der Waals surface area contributed by atoms with E-state index in [1.165, 1.54) is 0 Å². The highest BCUT2D eigenvalue weighted by atomic mass is 16.2. The normalized spacial score (nSPS) is 21.2. The monoisotopic (exact) mass is 300 g/mol. The second-order valence-corrected chi connectivity index (χ2v) is 7.55. The molecule has 5 heteroatoms. The first-order valence-corrected chi connectivity index (χ1v) is 7.75. The number of fused-ring (bicyclic) bond motifs is 1. The van der Waals surface area contributed by atoms with E-state index in [1.54, 1.807) is 6.20 Å². The van der Waals surface area contributed by atoms with E-state index in [1.807, 2.05) is 23.1 Å². The molecule has 0 saturated carbocycles. The van der Waals surface area contributed by atoms with Crippen molar-refractivity contribution in [3.8, 4) is 0 Å². The summed E-state index contributed by atoms with van der Waals surface area (Å²) >= 11 is 0. The Kier molecular flexibility index (Phi) is 3.29. The van der Waals surface area contributed by atoms with E-state index in [4.69, 9.17) is 5.73 Å². The first-order valence-electron chi connectivity index (χ1n) is 7.75. The minimum atomic E-state index is -0.275. The Bertz CT molecular complexity index is 665. The highest BCUT2D eigenvalue weighted by Gasteiger charge is 2.47. The van der Waals surface area contributed by atoms with Crippen LogP contribution in [0.2, 0.25) is 0 Å². The molecule has 118 valence electrons. The Hall–Kier alpha value is -1.88. The molecule has 1 aliphatic heterocycles. The van der Waals surface area contributed by atoms with E-state index in [-0.39, 0.29) is 23.0 Å². The molecule has 5 nitrogen and oxygen atoms in total. The average molecular weight is 300 g/mol. The lowest BCUT2D eigenvalue weighted by Crippen LogP contribution is -2.65. The van der Waals surface area contributed by atoms with E-state index in [0.717, 1.165) is 23.9 Å². The molecule has 3 rings (SSSR count). The lowest BCUT2D eigenvalue weighted by Gasteiger charge is -2.54. The van der Waals surface area contributed by atoms with Gasteiger partial charge in [0.2, 0.25) is 0 Å². The number of hydrogen-bond acceptors (Lipinski definition) is 3. The van der Waals surface area contributed by atoms with Crippen molar-refractivity contribution in [3.05, 3.63) is 30.1 Å². The molecule has 3 N–H and O–H groups in total. The number of piperidine rings is 1. The number of aromatic amines is 1. The van der Waals surface area contributed by atoms with Crippen LogP contribution in [0.1, 0.15) is 51.0 Å². The number of likely N-dealkylation sites (tertiary alicyclic amines) is 1. The predicted octanol–water partition coefficient (Wildman–Crippen LogP) is 2.68. The summed E-state index contributed by atoms with van der Waals surface area (Å²) in [6.45, 7) is 8.36. The fourth-order valence-corrected chi connectivity index (χ4v) is 4.10. The second-order valence-electron chi connectivity index (χ2n) is 7.55. The van der Waals surface area contributed by atoms with E-state index >= 15 is 0 Å². The zero-order chi connectivity index (χ0) is 16.1. The van der Waals surface area contributed by atoms with Crippen LogP contribution in [-0.4, -0.2) is 37.9 Å². The summed E-state index contributed by atoms with van der Waals surface area (Å²) in [5, 5.41) is 0. The number of nitrogens with zero attached hydrogens (tertiary/aromatic N) is 2. The molecule has 1 saturated heterocycles. The highest BCUT2D eigenvalue weighted by Crippen LogP contribution is 2.38. The van der Waals surface area contributed by atoms with Crippen LogP contribution in [0.25, 0.3) is 11.0 Å². The number of nitrogens with one attached hydrogen (secondary N) is 1. The Morgan fingerprint density at radius 2 is 1.95 bits per heavy atom. The third-order valence-corrected chi connectivity index (χ3v) is 4.56. The van der Waals surface area contributed by atoms with Crippen LogP contribution >= 0.6 is 0 Å². The summed E-state index contributed by atoms with van der Waals surface area (Å²) in [4.78, 5) is 22.6. The maximum atomic E-state index is 13.1. The summed E-state index contributed by atoms with van der Waals surface area (Å²) in [5.41, 5.74) is 7.93. The Labute approximate surface area is 130 Å². The van der Waals surface area contributed by atoms with Crippen LogP contribution in [0.15, 0.2) is 24.4 Å². The summed E-state index contributed by atoms with van der Waals surface area (Å²) in [6, 6.07) is 5.75. The van der Waals surface area contributed by atoms with Crippen LogP contribution in [0.4, 0.5) is 0 Å². The van der Waals surface area contributed by atoms with Gasteiger partial charge in [0.1, 0.15) is 5.69 Å². The predicted molar refractivity (Wildman–Crippen MR) is 87.6 cm³/mol. The molecule has 1 amide bonds.